The van der Waals surface area contributed by atoms with Gasteiger partial charge in [-0.3, -0.25) is 0 Å². The third kappa shape index (κ3) is 6.57. The van der Waals surface area contributed by atoms with Crippen LogP contribution in [0, 0.1) is 5.92 Å². The van der Waals surface area contributed by atoms with Gasteiger partial charge in [0, 0.05) is 6.54 Å². The van der Waals surface area contributed by atoms with Gasteiger partial charge < -0.3 is 5.11 Å². The van der Waals surface area contributed by atoms with Crippen molar-refractivity contribution in [2.45, 2.75) is 20.3 Å². The third-order valence-corrected chi connectivity index (χ3v) is 2.77. The molecule has 0 atom stereocenters. The molecular formula is C7H17NO3S. The predicted molar refractivity (Wildman–Crippen MR) is 48.3 cm³/mol. The fraction of sp³-hybridized carbons (Fsp3) is 1.00. The maximum Gasteiger partial charge on any atom is 0.213 e. The molecule has 12 heavy (non-hydrogen) atoms. The van der Waals surface area contributed by atoms with Crippen LogP contribution in [-0.4, -0.2) is 32.4 Å². The molecule has 0 aliphatic carbocycles. The molecule has 0 aliphatic rings. The van der Waals surface area contributed by atoms with Crippen LogP contribution >= 0.6 is 0 Å². The molecule has 5 heteroatoms. The van der Waals surface area contributed by atoms with E-state index in [1.165, 1.54) is 0 Å². The standard InChI is InChI=1S/C7H17NO3S/c1-7(2)3-4-8-12(10,11)6-5-9/h7-9H,3-6H2,1-2H3. The van der Waals surface area contributed by atoms with E-state index in [0.717, 1.165) is 6.42 Å². The van der Waals surface area contributed by atoms with Crippen molar-refractivity contribution in [1.82, 2.24) is 4.72 Å². The first-order chi connectivity index (χ1) is 5.48. The molecule has 0 saturated carbocycles. The van der Waals surface area contributed by atoms with Crippen molar-refractivity contribution in [2.75, 3.05) is 18.9 Å². The monoisotopic (exact) mass is 195 g/mol. The smallest absolute Gasteiger partial charge is 0.213 e. The van der Waals surface area contributed by atoms with Crippen LogP contribution in [0.2, 0.25) is 0 Å². The molecule has 0 saturated heterocycles. The number of hydrogen-bond donors (Lipinski definition) is 2. The van der Waals surface area contributed by atoms with Gasteiger partial charge in [0.1, 0.15) is 0 Å². The zero-order valence-electron chi connectivity index (χ0n) is 7.58. The van der Waals surface area contributed by atoms with Crippen molar-refractivity contribution in [3.8, 4) is 0 Å². The molecule has 4 nitrogen and oxygen atoms in total. The van der Waals surface area contributed by atoms with Crippen LogP contribution in [0.4, 0.5) is 0 Å². The maximum absolute atomic E-state index is 10.9. The number of hydrogen-bond acceptors (Lipinski definition) is 3. The minimum Gasteiger partial charge on any atom is -0.395 e. The highest BCUT2D eigenvalue weighted by Crippen LogP contribution is 1.97. The summed E-state index contributed by atoms with van der Waals surface area (Å²) in [5.74, 6) is 0.285. The van der Waals surface area contributed by atoms with E-state index >= 15 is 0 Å². The van der Waals surface area contributed by atoms with Crippen LogP contribution in [0.1, 0.15) is 20.3 Å². The number of sulfonamides is 1. The second-order valence-electron chi connectivity index (χ2n) is 3.12. The summed E-state index contributed by atoms with van der Waals surface area (Å²) in [5, 5.41) is 8.39. The first-order valence-electron chi connectivity index (χ1n) is 4.06. The molecule has 2 N–H and O–H groups in total. The van der Waals surface area contributed by atoms with E-state index in [0.29, 0.717) is 12.5 Å². The maximum atomic E-state index is 10.9. The first-order valence-corrected chi connectivity index (χ1v) is 5.71. The summed E-state index contributed by atoms with van der Waals surface area (Å²) < 4.78 is 24.3. The molecule has 0 radical (unpaired) electrons. The van der Waals surface area contributed by atoms with Gasteiger partial charge in [0.25, 0.3) is 0 Å². The van der Waals surface area contributed by atoms with E-state index in [4.69, 9.17) is 5.11 Å². The fourth-order valence-electron chi connectivity index (χ4n) is 0.695. The summed E-state index contributed by atoms with van der Waals surface area (Å²) in [6, 6.07) is 0. The molecule has 0 aromatic heterocycles. The van der Waals surface area contributed by atoms with Crippen molar-refractivity contribution < 1.29 is 13.5 Å². The van der Waals surface area contributed by atoms with Gasteiger partial charge in [0.05, 0.1) is 12.4 Å². The lowest BCUT2D eigenvalue weighted by atomic mass is 10.1. The second kappa shape index (κ2) is 5.50. The minimum absolute atomic E-state index is 0.203. The van der Waals surface area contributed by atoms with Crippen LogP contribution in [0.15, 0.2) is 0 Å². The Morgan fingerprint density at radius 3 is 2.42 bits per heavy atom. The summed E-state index contributed by atoms with van der Waals surface area (Å²) in [7, 11) is -3.23. The molecule has 0 rings (SSSR count). The van der Waals surface area contributed by atoms with Crippen LogP contribution in [-0.2, 0) is 10.0 Å². The lowest BCUT2D eigenvalue weighted by Gasteiger charge is -2.06. The van der Waals surface area contributed by atoms with Crippen molar-refractivity contribution in [3.63, 3.8) is 0 Å². The van der Waals surface area contributed by atoms with E-state index in [1.807, 2.05) is 13.8 Å². The van der Waals surface area contributed by atoms with Crippen molar-refractivity contribution in [3.05, 3.63) is 0 Å². The molecule has 0 spiro atoms. The van der Waals surface area contributed by atoms with Gasteiger partial charge in [-0.25, -0.2) is 13.1 Å². The van der Waals surface area contributed by atoms with Gasteiger partial charge in [-0.15, -0.1) is 0 Å². The Hall–Kier alpha value is -0.130. The number of nitrogens with one attached hydrogen (secondary N) is 1. The average molecular weight is 195 g/mol. The van der Waals surface area contributed by atoms with E-state index in [1.54, 1.807) is 0 Å². The SMILES string of the molecule is CC(C)CCNS(=O)(=O)CCO. The largest absolute Gasteiger partial charge is 0.395 e. The zero-order valence-corrected chi connectivity index (χ0v) is 8.39. The first kappa shape index (κ1) is 11.9. The highest BCUT2D eigenvalue weighted by atomic mass is 32.2. The summed E-state index contributed by atoms with van der Waals surface area (Å²) in [6.07, 6.45) is 0.824. The molecule has 0 amide bonds. The van der Waals surface area contributed by atoms with Gasteiger partial charge in [-0.05, 0) is 12.3 Å². The number of aliphatic hydroxyl groups excluding tert-OH is 1. The van der Waals surface area contributed by atoms with E-state index < -0.39 is 10.0 Å². The highest BCUT2D eigenvalue weighted by Gasteiger charge is 2.07. The summed E-state index contributed by atoms with van der Waals surface area (Å²) in [4.78, 5) is 0. The second-order valence-corrected chi connectivity index (χ2v) is 5.05. The topological polar surface area (TPSA) is 66.4 Å². The van der Waals surface area contributed by atoms with Crippen LogP contribution in [0.5, 0.6) is 0 Å². The molecule has 0 fully saturated rings. The van der Waals surface area contributed by atoms with Crippen LogP contribution in [0.3, 0.4) is 0 Å². The van der Waals surface area contributed by atoms with Crippen molar-refractivity contribution in [1.29, 1.82) is 0 Å². The molecular weight excluding hydrogens is 178 g/mol. The summed E-state index contributed by atoms with van der Waals surface area (Å²) in [6.45, 7) is 4.19. The average Bonchev–Trinajstić information content (AvgIpc) is 1.85. The molecule has 0 heterocycles. The summed E-state index contributed by atoms with van der Waals surface area (Å²) in [5.41, 5.74) is 0. The normalized spacial score (nSPS) is 12.3. The van der Waals surface area contributed by atoms with Crippen LogP contribution in [0.25, 0.3) is 0 Å². The molecule has 0 aromatic carbocycles. The van der Waals surface area contributed by atoms with Crippen LogP contribution < -0.4 is 4.72 Å². The Kier molecular flexibility index (Phi) is 5.44. The van der Waals surface area contributed by atoms with E-state index in [9.17, 15) is 8.42 Å². The minimum atomic E-state index is -3.23. The van der Waals surface area contributed by atoms with Crippen molar-refractivity contribution in [2.24, 2.45) is 5.92 Å². The molecule has 0 aliphatic heterocycles. The fourth-order valence-corrected chi connectivity index (χ4v) is 1.51. The Morgan fingerprint density at radius 2 is 2.00 bits per heavy atom. The molecule has 74 valence electrons. The Morgan fingerprint density at radius 1 is 1.42 bits per heavy atom. The Balaban J connectivity index is 3.62. The lowest BCUT2D eigenvalue weighted by Crippen LogP contribution is -2.29. The van der Waals surface area contributed by atoms with Gasteiger partial charge in [-0.2, -0.15) is 0 Å². The summed E-state index contributed by atoms with van der Waals surface area (Å²) >= 11 is 0. The van der Waals surface area contributed by atoms with Crippen molar-refractivity contribution >= 4 is 10.0 Å². The molecule has 0 bridgehead atoms. The van der Waals surface area contributed by atoms with Gasteiger partial charge >= 0.3 is 0 Å². The molecule has 0 aromatic rings. The zero-order chi connectivity index (χ0) is 9.61. The number of aliphatic hydroxyl groups is 1. The predicted octanol–water partition coefficient (Wildman–Crippen LogP) is -0.0558. The van der Waals surface area contributed by atoms with E-state index in [2.05, 4.69) is 4.72 Å². The Bertz CT molecular complexity index is 199. The quantitative estimate of drug-likeness (QED) is 0.624. The number of rotatable bonds is 6. The van der Waals surface area contributed by atoms with Gasteiger partial charge in [0.15, 0.2) is 0 Å². The van der Waals surface area contributed by atoms with E-state index in [-0.39, 0.29) is 12.4 Å². The lowest BCUT2D eigenvalue weighted by molar-refractivity contribution is 0.319. The molecule has 0 unspecified atom stereocenters. The van der Waals surface area contributed by atoms with Gasteiger partial charge in [0.2, 0.25) is 10.0 Å². The van der Waals surface area contributed by atoms with Gasteiger partial charge in [-0.1, -0.05) is 13.8 Å². The third-order valence-electron chi connectivity index (χ3n) is 1.40. The highest BCUT2D eigenvalue weighted by molar-refractivity contribution is 7.89. The Labute approximate surface area is 74.0 Å².